The van der Waals surface area contributed by atoms with E-state index in [1.807, 2.05) is 0 Å². The summed E-state index contributed by atoms with van der Waals surface area (Å²) in [6, 6.07) is 0. The first-order chi connectivity index (χ1) is 5.14. The largest absolute Gasteiger partial charge is 0.510 e. The Bertz CT molecular complexity index is 199. The lowest BCUT2D eigenvalue weighted by Gasteiger charge is -2.19. The van der Waals surface area contributed by atoms with Crippen LogP contribution in [0.5, 0.6) is 0 Å². The van der Waals surface area contributed by atoms with Crippen LogP contribution in [0.1, 0.15) is 6.92 Å². The number of hydrogen-bond donors (Lipinski definition) is 0. The summed E-state index contributed by atoms with van der Waals surface area (Å²) in [6.45, 7) is 8.81. The Morgan fingerprint density at radius 2 is 2.09 bits per heavy atom. The molecule has 1 atom stereocenters. The zero-order chi connectivity index (χ0) is 8.48. The van der Waals surface area contributed by atoms with Crippen LogP contribution >= 0.6 is 0 Å². The van der Waals surface area contributed by atoms with Gasteiger partial charge in [0, 0.05) is 0 Å². The molecule has 0 saturated carbocycles. The zero-order valence-electron chi connectivity index (χ0n) is 6.37. The van der Waals surface area contributed by atoms with Gasteiger partial charge in [-0.05, 0) is 19.1 Å². The van der Waals surface area contributed by atoms with Gasteiger partial charge in [-0.2, -0.15) is 0 Å². The molecule has 1 rings (SSSR count). The van der Waals surface area contributed by atoms with Crippen LogP contribution in [0.25, 0.3) is 0 Å². The number of rotatable bonds is 2. The average molecular weight is 154 g/mol. The van der Waals surface area contributed by atoms with Gasteiger partial charge in [0.2, 0.25) is 0 Å². The van der Waals surface area contributed by atoms with E-state index in [9.17, 15) is 4.79 Å². The van der Waals surface area contributed by atoms with Gasteiger partial charge >= 0.3 is 6.16 Å². The standard InChI is InChI=1S/C8H10O3/c1-4-8(5-2)6(3)10-7(9)11-8/h4-6H,1-2H2,3H3. The molecule has 1 fully saturated rings. The van der Waals surface area contributed by atoms with Crippen LogP contribution in [-0.4, -0.2) is 17.9 Å². The van der Waals surface area contributed by atoms with E-state index < -0.39 is 11.8 Å². The predicted molar refractivity (Wildman–Crippen MR) is 40.2 cm³/mol. The molecule has 1 aliphatic heterocycles. The van der Waals surface area contributed by atoms with Crippen LogP contribution in [0.4, 0.5) is 4.79 Å². The zero-order valence-corrected chi connectivity index (χ0v) is 6.37. The number of ether oxygens (including phenoxy) is 2. The summed E-state index contributed by atoms with van der Waals surface area (Å²) in [5, 5.41) is 0. The Hall–Kier alpha value is -1.25. The lowest BCUT2D eigenvalue weighted by atomic mass is 9.99. The van der Waals surface area contributed by atoms with Crippen molar-refractivity contribution in [2.75, 3.05) is 0 Å². The Morgan fingerprint density at radius 1 is 1.55 bits per heavy atom. The fraction of sp³-hybridized carbons (Fsp3) is 0.375. The molecule has 11 heavy (non-hydrogen) atoms. The first-order valence-electron chi connectivity index (χ1n) is 3.31. The van der Waals surface area contributed by atoms with Crippen molar-refractivity contribution in [2.45, 2.75) is 18.6 Å². The molecular formula is C8H10O3. The summed E-state index contributed by atoms with van der Waals surface area (Å²) in [5.74, 6) is 0. The van der Waals surface area contributed by atoms with Crippen LogP contribution in [0.3, 0.4) is 0 Å². The van der Waals surface area contributed by atoms with Gasteiger partial charge in [-0.25, -0.2) is 4.79 Å². The molecule has 3 nitrogen and oxygen atoms in total. The minimum absolute atomic E-state index is 0.343. The van der Waals surface area contributed by atoms with Crippen LogP contribution in [0.15, 0.2) is 25.3 Å². The van der Waals surface area contributed by atoms with Gasteiger partial charge in [-0.15, -0.1) is 0 Å². The molecule has 1 aliphatic rings. The highest BCUT2D eigenvalue weighted by atomic mass is 16.8. The normalized spacial score (nSPS) is 27.0. The Morgan fingerprint density at radius 3 is 2.27 bits per heavy atom. The molecule has 0 bridgehead atoms. The van der Waals surface area contributed by atoms with Crippen molar-refractivity contribution in [2.24, 2.45) is 0 Å². The minimum atomic E-state index is -0.836. The van der Waals surface area contributed by atoms with E-state index in [1.165, 1.54) is 12.2 Å². The van der Waals surface area contributed by atoms with Crippen LogP contribution in [0.2, 0.25) is 0 Å². The fourth-order valence-corrected chi connectivity index (χ4v) is 0.986. The van der Waals surface area contributed by atoms with Crippen molar-refractivity contribution in [1.29, 1.82) is 0 Å². The SMILES string of the molecule is C=CC1(C=C)OC(=O)OC1C. The molecule has 1 saturated heterocycles. The van der Waals surface area contributed by atoms with Crippen molar-refractivity contribution in [3.8, 4) is 0 Å². The Kier molecular flexibility index (Phi) is 1.72. The Balaban J connectivity index is 2.92. The van der Waals surface area contributed by atoms with Gasteiger partial charge in [-0.1, -0.05) is 13.2 Å². The average Bonchev–Trinajstić information content (AvgIpc) is 2.27. The molecule has 60 valence electrons. The number of carbonyl (C=O) groups excluding carboxylic acids is 1. The molecule has 0 N–H and O–H groups in total. The van der Waals surface area contributed by atoms with Crippen LogP contribution in [0, 0.1) is 0 Å². The molecule has 0 aliphatic carbocycles. The van der Waals surface area contributed by atoms with Crippen LogP contribution in [-0.2, 0) is 9.47 Å². The molecule has 1 heterocycles. The lowest BCUT2D eigenvalue weighted by molar-refractivity contribution is 0.110. The summed E-state index contributed by atoms with van der Waals surface area (Å²) in [6.07, 6.45) is 2.01. The molecule has 0 aromatic carbocycles. The van der Waals surface area contributed by atoms with E-state index in [0.717, 1.165) is 0 Å². The molecule has 0 amide bonds. The predicted octanol–water partition coefficient (Wildman–Crippen LogP) is 1.65. The second-order valence-electron chi connectivity index (χ2n) is 2.37. The van der Waals surface area contributed by atoms with E-state index in [1.54, 1.807) is 6.92 Å². The van der Waals surface area contributed by atoms with Gasteiger partial charge in [0.05, 0.1) is 0 Å². The maximum absolute atomic E-state index is 10.6. The molecular weight excluding hydrogens is 144 g/mol. The maximum atomic E-state index is 10.6. The summed E-state index contributed by atoms with van der Waals surface area (Å²) in [4.78, 5) is 10.6. The van der Waals surface area contributed by atoms with E-state index in [4.69, 9.17) is 9.47 Å². The van der Waals surface area contributed by atoms with Crippen molar-refractivity contribution in [3.63, 3.8) is 0 Å². The van der Waals surface area contributed by atoms with Gasteiger partial charge in [0.1, 0.15) is 6.10 Å². The first kappa shape index (κ1) is 7.85. The van der Waals surface area contributed by atoms with Crippen molar-refractivity contribution in [3.05, 3.63) is 25.3 Å². The third kappa shape index (κ3) is 1.02. The van der Waals surface area contributed by atoms with Crippen molar-refractivity contribution in [1.82, 2.24) is 0 Å². The van der Waals surface area contributed by atoms with Gasteiger partial charge in [0.15, 0.2) is 5.60 Å². The monoisotopic (exact) mass is 154 g/mol. The third-order valence-electron chi connectivity index (χ3n) is 1.81. The fourth-order valence-electron chi connectivity index (χ4n) is 0.986. The van der Waals surface area contributed by atoms with E-state index >= 15 is 0 Å². The smallest absolute Gasteiger partial charge is 0.426 e. The highest BCUT2D eigenvalue weighted by molar-refractivity contribution is 5.64. The number of hydrogen-bond acceptors (Lipinski definition) is 3. The quantitative estimate of drug-likeness (QED) is 0.448. The molecule has 0 aromatic rings. The van der Waals surface area contributed by atoms with Crippen molar-refractivity contribution < 1.29 is 14.3 Å². The summed E-state index contributed by atoms with van der Waals surface area (Å²) >= 11 is 0. The summed E-state index contributed by atoms with van der Waals surface area (Å²) in [7, 11) is 0. The van der Waals surface area contributed by atoms with Gasteiger partial charge in [-0.3, -0.25) is 0 Å². The summed E-state index contributed by atoms with van der Waals surface area (Å²) < 4.78 is 9.62. The van der Waals surface area contributed by atoms with Gasteiger partial charge in [0.25, 0.3) is 0 Å². The minimum Gasteiger partial charge on any atom is -0.426 e. The highest BCUT2D eigenvalue weighted by Gasteiger charge is 2.44. The Labute approximate surface area is 65.3 Å². The molecule has 0 spiro atoms. The van der Waals surface area contributed by atoms with Crippen LogP contribution < -0.4 is 0 Å². The molecule has 0 aromatic heterocycles. The second-order valence-corrected chi connectivity index (χ2v) is 2.37. The molecule has 0 radical (unpaired) electrons. The first-order valence-corrected chi connectivity index (χ1v) is 3.31. The third-order valence-corrected chi connectivity index (χ3v) is 1.81. The van der Waals surface area contributed by atoms with Crippen molar-refractivity contribution >= 4 is 6.16 Å². The molecule has 3 heteroatoms. The maximum Gasteiger partial charge on any atom is 0.510 e. The van der Waals surface area contributed by atoms with E-state index in [-0.39, 0.29) is 6.10 Å². The number of carbonyl (C=O) groups is 1. The molecule has 1 unspecified atom stereocenters. The van der Waals surface area contributed by atoms with E-state index in [0.29, 0.717) is 0 Å². The number of cyclic esters (lactones) is 2. The second kappa shape index (κ2) is 2.42. The van der Waals surface area contributed by atoms with Gasteiger partial charge < -0.3 is 9.47 Å². The van der Waals surface area contributed by atoms with E-state index in [2.05, 4.69) is 13.2 Å². The highest BCUT2D eigenvalue weighted by Crippen LogP contribution is 2.28. The lowest BCUT2D eigenvalue weighted by Crippen LogP contribution is -2.32. The summed E-state index contributed by atoms with van der Waals surface area (Å²) in [5.41, 5.74) is -0.836. The topological polar surface area (TPSA) is 35.5 Å².